The van der Waals surface area contributed by atoms with Crippen molar-refractivity contribution in [2.75, 3.05) is 4.72 Å². The van der Waals surface area contributed by atoms with Crippen LogP contribution in [0.25, 0.3) is 0 Å². The summed E-state index contributed by atoms with van der Waals surface area (Å²) in [5, 5.41) is 9.60. The molecule has 0 aromatic carbocycles. The molecule has 18 heavy (non-hydrogen) atoms. The zero-order valence-corrected chi connectivity index (χ0v) is 9.88. The highest BCUT2D eigenvalue weighted by atomic mass is 32.2. The maximum Gasteiger partial charge on any atom is 0.278 e. The highest BCUT2D eigenvalue weighted by Gasteiger charge is 2.16. The van der Waals surface area contributed by atoms with Gasteiger partial charge in [-0.1, -0.05) is 0 Å². The Labute approximate surface area is 102 Å². The number of carbonyl (C=O) groups is 1. The predicted octanol–water partition coefficient (Wildman–Crippen LogP) is -1.11. The minimum absolute atomic E-state index is 0.0647. The van der Waals surface area contributed by atoms with Crippen molar-refractivity contribution in [2.24, 2.45) is 5.73 Å². The van der Waals surface area contributed by atoms with Gasteiger partial charge in [-0.3, -0.25) is 19.3 Å². The van der Waals surface area contributed by atoms with Crippen molar-refractivity contribution in [1.29, 1.82) is 0 Å². The number of H-pyrrole nitrogens is 1. The van der Waals surface area contributed by atoms with Gasteiger partial charge in [0.1, 0.15) is 6.54 Å². The lowest BCUT2D eigenvalue weighted by molar-refractivity contribution is -0.118. The summed E-state index contributed by atoms with van der Waals surface area (Å²) < 4.78 is 27.1. The topological polar surface area (TPSA) is 136 Å². The molecule has 0 radical (unpaired) electrons. The second-order valence-electron chi connectivity index (χ2n) is 3.42. The van der Waals surface area contributed by atoms with Crippen molar-refractivity contribution >= 4 is 21.6 Å². The van der Waals surface area contributed by atoms with E-state index in [1.165, 1.54) is 29.3 Å². The summed E-state index contributed by atoms with van der Waals surface area (Å²) in [6, 6.07) is 1.32. The van der Waals surface area contributed by atoms with Gasteiger partial charge in [-0.2, -0.15) is 18.6 Å². The Morgan fingerprint density at radius 3 is 2.94 bits per heavy atom. The molecule has 2 heterocycles. The molecule has 0 aliphatic rings. The Balaban J connectivity index is 2.15. The Morgan fingerprint density at radius 2 is 2.33 bits per heavy atom. The molecule has 2 rings (SSSR count). The van der Waals surface area contributed by atoms with Gasteiger partial charge in [0.25, 0.3) is 10.0 Å². The smallest absolute Gasteiger partial charge is 0.278 e. The van der Waals surface area contributed by atoms with E-state index in [0.717, 1.165) is 0 Å². The van der Waals surface area contributed by atoms with Crippen molar-refractivity contribution in [3.05, 3.63) is 24.7 Å². The second-order valence-corrected chi connectivity index (χ2v) is 5.07. The van der Waals surface area contributed by atoms with Gasteiger partial charge in [0, 0.05) is 6.20 Å². The maximum absolute atomic E-state index is 11.8. The number of primary amides is 1. The first-order chi connectivity index (χ1) is 8.47. The Hall–Kier alpha value is -2.36. The predicted molar refractivity (Wildman–Crippen MR) is 60.8 cm³/mol. The van der Waals surface area contributed by atoms with Crippen LogP contribution in [0.1, 0.15) is 0 Å². The van der Waals surface area contributed by atoms with E-state index in [0.29, 0.717) is 0 Å². The van der Waals surface area contributed by atoms with E-state index in [4.69, 9.17) is 5.73 Å². The summed E-state index contributed by atoms with van der Waals surface area (Å²) in [5.41, 5.74) is 5.21. The van der Waals surface area contributed by atoms with E-state index in [1.807, 2.05) is 0 Å². The first-order valence-electron chi connectivity index (χ1n) is 4.80. The molecule has 4 N–H and O–H groups in total. The third-order valence-electron chi connectivity index (χ3n) is 1.97. The van der Waals surface area contributed by atoms with Crippen molar-refractivity contribution in [3.63, 3.8) is 0 Å². The van der Waals surface area contributed by atoms with E-state index >= 15 is 0 Å². The fraction of sp³-hybridized carbons (Fsp3) is 0.125. The molecule has 0 bridgehead atoms. The van der Waals surface area contributed by atoms with Crippen LogP contribution in [-0.2, 0) is 21.4 Å². The summed E-state index contributed by atoms with van der Waals surface area (Å²) in [7, 11) is -3.72. The summed E-state index contributed by atoms with van der Waals surface area (Å²) in [5.74, 6) is -0.568. The van der Waals surface area contributed by atoms with Gasteiger partial charge in [0.2, 0.25) is 5.91 Å². The van der Waals surface area contributed by atoms with Crippen LogP contribution in [-0.4, -0.2) is 34.3 Å². The number of anilines is 1. The van der Waals surface area contributed by atoms with Gasteiger partial charge in [0.05, 0.1) is 18.1 Å². The molecule has 0 unspecified atom stereocenters. The van der Waals surface area contributed by atoms with E-state index in [2.05, 4.69) is 20.0 Å². The normalized spacial score (nSPS) is 11.3. The lowest BCUT2D eigenvalue weighted by Crippen LogP contribution is -2.18. The number of hydrogen-bond donors (Lipinski definition) is 3. The molecule has 0 atom stereocenters. The monoisotopic (exact) mass is 270 g/mol. The average Bonchev–Trinajstić information content (AvgIpc) is 2.87. The average molecular weight is 270 g/mol. The van der Waals surface area contributed by atoms with Gasteiger partial charge in [-0.25, -0.2) is 0 Å². The lowest BCUT2D eigenvalue weighted by Gasteiger charge is -2.02. The maximum atomic E-state index is 11.8. The van der Waals surface area contributed by atoms with E-state index in [-0.39, 0.29) is 17.3 Å². The number of carbonyl (C=O) groups excluding carboxylic acids is 1. The molecule has 0 aliphatic heterocycles. The zero-order valence-electron chi connectivity index (χ0n) is 9.07. The van der Waals surface area contributed by atoms with E-state index in [9.17, 15) is 13.2 Å². The third kappa shape index (κ3) is 2.66. The van der Waals surface area contributed by atoms with Gasteiger partial charge >= 0.3 is 0 Å². The summed E-state index contributed by atoms with van der Waals surface area (Å²) in [4.78, 5) is 10.7. The van der Waals surface area contributed by atoms with Crippen LogP contribution in [0.15, 0.2) is 29.7 Å². The molecule has 2 aromatic heterocycles. The number of sulfonamides is 1. The van der Waals surface area contributed by atoms with Crippen LogP contribution in [0.2, 0.25) is 0 Å². The van der Waals surface area contributed by atoms with Crippen molar-refractivity contribution in [2.45, 2.75) is 11.6 Å². The van der Waals surface area contributed by atoms with Crippen LogP contribution in [0.5, 0.6) is 0 Å². The minimum atomic E-state index is -3.72. The van der Waals surface area contributed by atoms with E-state index in [1.54, 1.807) is 0 Å². The van der Waals surface area contributed by atoms with Crippen molar-refractivity contribution in [1.82, 2.24) is 20.0 Å². The second kappa shape index (κ2) is 4.49. The largest absolute Gasteiger partial charge is 0.368 e. The molecule has 1 amide bonds. The van der Waals surface area contributed by atoms with Gasteiger partial charge < -0.3 is 5.73 Å². The Bertz CT molecular complexity index is 644. The lowest BCUT2D eigenvalue weighted by atomic mass is 10.6. The molecule has 2 aromatic rings. The van der Waals surface area contributed by atoms with Crippen LogP contribution in [0.3, 0.4) is 0 Å². The Kier molecular flexibility index (Phi) is 3.02. The van der Waals surface area contributed by atoms with Crippen molar-refractivity contribution < 1.29 is 13.2 Å². The highest BCUT2D eigenvalue weighted by Crippen LogP contribution is 2.12. The fourth-order valence-corrected chi connectivity index (χ4v) is 2.20. The van der Waals surface area contributed by atoms with Gasteiger partial charge in [0.15, 0.2) is 5.03 Å². The molecule has 10 heteroatoms. The third-order valence-corrected chi connectivity index (χ3v) is 3.28. The fourth-order valence-electron chi connectivity index (χ4n) is 1.27. The highest BCUT2D eigenvalue weighted by molar-refractivity contribution is 7.92. The standard InChI is InChI=1S/C8H10N6O3S/c9-7(15)5-14-4-6(3-11-14)13-18(16,17)8-1-2-10-12-8/h1-4,13H,5H2,(H2,9,15)(H,10,12). The van der Waals surface area contributed by atoms with Crippen molar-refractivity contribution in [3.8, 4) is 0 Å². The molecule has 0 spiro atoms. The van der Waals surface area contributed by atoms with Crippen LogP contribution < -0.4 is 10.5 Å². The summed E-state index contributed by atoms with van der Waals surface area (Å²) >= 11 is 0. The molecular weight excluding hydrogens is 260 g/mol. The summed E-state index contributed by atoms with van der Waals surface area (Å²) in [6.45, 7) is -0.119. The molecule has 96 valence electrons. The number of nitrogens with two attached hydrogens (primary N) is 1. The van der Waals surface area contributed by atoms with Crippen LogP contribution in [0, 0.1) is 0 Å². The van der Waals surface area contributed by atoms with Gasteiger partial charge in [-0.15, -0.1) is 0 Å². The zero-order chi connectivity index (χ0) is 13.2. The molecule has 0 saturated heterocycles. The van der Waals surface area contributed by atoms with Gasteiger partial charge in [-0.05, 0) is 6.07 Å². The van der Waals surface area contributed by atoms with Crippen LogP contribution in [0.4, 0.5) is 5.69 Å². The van der Waals surface area contributed by atoms with E-state index < -0.39 is 15.9 Å². The molecule has 0 fully saturated rings. The summed E-state index contributed by atoms with van der Waals surface area (Å²) in [6.07, 6.45) is 3.96. The molecular formula is C8H10N6O3S. The first-order valence-corrected chi connectivity index (χ1v) is 6.28. The number of rotatable bonds is 5. The minimum Gasteiger partial charge on any atom is -0.368 e. The number of nitrogens with one attached hydrogen (secondary N) is 2. The Morgan fingerprint density at radius 1 is 1.56 bits per heavy atom. The molecule has 0 aliphatic carbocycles. The molecule has 9 nitrogen and oxygen atoms in total. The SMILES string of the molecule is NC(=O)Cn1cc(NS(=O)(=O)c2ccn[nH]2)cn1. The number of aromatic nitrogens is 4. The molecule has 0 saturated carbocycles. The number of amides is 1. The first kappa shape index (κ1) is 12.1. The number of nitrogens with zero attached hydrogens (tertiary/aromatic N) is 3. The van der Waals surface area contributed by atoms with Crippen LogP contribution >= 0.6 is 0 Å². The number of aromatic amines is 1. The number of hydrogen-bond acceptors (Lipinski definition) is 5. The quantitative estimate of drug-likeness (QED) is 0.633.